The average molecular weight is 600 g/mol. The van der Waals surface area contributed by atoms with Gasteiger partial charge in [0.15, 0.2) is 0 Å². The Morgan fingerprint density at radius 1 is 1.14 bits per heavy atom. The second-order valence-corrected chi connectivity index (χ2v) is 12.9. The average Bonchev–Trinajstić information content (AvgIpc) is 3.47. The number of ether oxygens (including phenoxy) is 1. The van der Waals surface area contributed by atoms with Gasteiger partial charge in [-0.1, -0.05) is 61.9 Å². The summed E-state index contributed by atoms with van der Waals surface area (Å²) in [5.41, 5.74) is 11.0. The summed E-state index contributed by atoms with van der Waals surface area (Å²) in [7, 11) is 0. The number of carbonyl (C=O) groups excluding carboxylic acids is 1. The predicted molar refractivity (Wildman–Crippen MR) is 179 cm³/mol. The van der Waals surface area contributed by atoms with Crippen molar-refractivity contribution in [3.05, 3.63) is 101 Å². The number of piperidine rings is 1. The topological polar surface area (TPSA) is 85.4 Å². The van der Waals surface area contributed by atoms with Crippen molar-refractivity contribution in [3.63, 3.8) is 0 Å². The fraction of sp³-hybridized carbons (Fsp3) is 0.514. The number of hydrogen-bond donors (Lipinski definition) is 2. The molecule has 4 rings (SSSR count). The van der Waals surface area contributed by atoms with E-state index in [2.05, 4.69) is 53.0 Å². The molecule has 1 aromatic heterocycles. The van der Waals surface area contributed by atoms with Crippen molar-refractivity contribution in [2.45, 2.75) is 92.3 Å². The van der Waals surface area contributed by atoms with Crippen molar-refractivity contribution in [2.24, 2.45) is 17.1 Å². The molecule has 0 bridgehead atoms. The van der Waals surface area contributed by atoms with Crippen molar-refractivity contribution < 1.29 is 9.53 Å². The van der Waals surface area contributed by atoms with Crippen molar-refractivity contribution >= 4 is 5.97 Å². The van der Waals surface area contributed by atoms with E-state index in [1.165, 1.54) is 30.4 Å². The van der Waals surface area contributed by atoms with Gasteiger partial charge in [-0.3, -0.25) is 9.69 Å². The highest BCUT2D eigenvalue weighted by Gasteiger charge is 2.39. The Bertz CT molecular complexity index is 1360. The second-order valence-electron chi connectivity index (χ2n) is 12.9. The molecule has 1 atom stereocenters. The van der Waals surface area contributed by atoms with Gasteiger partial charge in [0.2, 0.25) is 0 Å². The highest BCUT2D eigenvalue weighted by Crippen LogP contribution is 2.41. The molecule has 0 saturated carbocycles. The maximum Gasteiger partial charge on any atom is 0.312 e. The van der Waals surface area contributed by atoms with E-state index in [9.17, 15) is 4.79 Å². The zero-order valence-electron chi connectivity index (χ0n) is 27.5. The Balaban J connectivity index is 1.55. The molecule has 7 nitrogen and oxygen atoms in total. The Morgan fingerprint density at radius 2 is 1.89 bits per heavy atom. The van der Waals surface area contributed by atoms with Crippen molar-refractivity contribution in [1.82, 2.24) is 19.8 Å². The number of rotatable bonds is 15. The van der Waals surface area contributed by atoms with E-state index in [-0.39, 0.29) is 18.5 Å². The molecule has 1 aliphatic heterocycles. The first-order valence-electron chi connectivity index (χ1n) is 16.4. The number of esters is 1. The number of aromatic nitrogens is 2. The summed E-state index contributed by atoms with van der Waals surface area (Å²) in [6, 6.07) is 16.5. The van der Waals surface area contributed by atoms with Crippen molar-refractivity contribution in [1.29, 1.82) is 0 Å². The highest BCUT2D eigenvalue weighted by molar-refractivity contribution is 5.77. The molecule has 7 heteroatoms. The predicted octanol–water partition coefficient (Wildman–Crippen LogP) is 6.90. The van der Waals surface area contributed by atoms with Crippen LogP contribution in [0.25, 0.3) is 0 Å². The van der Waals surface area contributed by atoms with Crippen molar-refractivity contribution in [2.75, 3.05) is 19.6 Å². The summed E-state index contributed by atoms with van der Waals surface area (Å²) >= 11 is 0. The zero-order valence-corrected chi connectivity index (χ0v) is 27.5. The van der Waals surface area contributed by atoms with Gasteiger partial charge in [-0.25, -0.2) is 4.98 Å². The molecule has 1 fully saturated rings. The van der Waals surface area contributed by atoms with Crippen LogP contribution in [0.1, 0.15) is 93.8 Å². The summed E-state index contributed by atoms with van der Waals surface area (Å²) in [6.07, 6.45) is 11.1. The van der Waals surface area contributed by atoms with Gasteiger partial charge < -0.3 is 20.4 Å². The lowest BCUT2D eigenvalue weighted by molar-refractivity contribution is -0.156. The summed E-state index contributed by atoms with van der Waals surface area (Å²) in [4.78, 5) is 20.9. The number of nitrogens with zero attached hydrogens (tertiary/aromatic N) is 3. The van der Waals surface area contributed by atoms with Crippen LogP contribution in [0.2, 0.25) is 0 Å². The lowest BCUT2D eigenvalue weighted by Crippen LogP contribution is -2.34. The van der Waals surface area contributed by atoms with Gasteiger partial charge in [0.25, 0.3) is 0 Å². The molecule has 1 aliphatic rings. The van der Waals surface area contributed by atoms with E-state index in [0.29, 0.717) is 6.42 Å². The first-order valence-corrected chi connectivity index (χ1v) is 16.4. The van der Waals surface area contributed by atoms with E-state index in [1.807, 2.05) is 63.5 Å². The third kappa shape index (κ3) is 8.98. The largest absolute Gasteiger partial charge is 0.460 e. The maximum atomic E-state index is 13.7. The van der Waals surface area contributed by atoms with Crippen molar-refractivity contribution in [3.8, 4) is 0 Å². The minimum Gasteiger partial charge on any atom is -0.460 e. The minimum atomic E-state index is -0.759. The SMILES string of the molecule is CCN/C=C(\N)CCC(c1ccc(C)c(Cn2ccnc2CN2CCC(CC)CC2)c1)C(C)(C)C(=O)OCc1ccccc1. The molecule has 3 aromatic rings. The molecule has 0 aliphatic carbocycles. The molecule has 0 spiro atoms. The van der Waals surface area contributed by atoms with Crippen LogP contribution in [-0.4, -0.2) is 40.1 Å². The van der Waals surface area contributed by atoms with Crippen LogP contribution in [0.5, 0.6) is 0 Å². The van der Waals surface area contributed by atoms with Gasteiger partial charge in [0, 0.05) is 37.4 Å². The lowest BCUT2D eigenvalue weighted by atomic mass is 9.72. The molecule has 2 aromatic carbocycles. The summed E-state index contributed by atoms with van der Waals surface area (Å²) < 4.78 is 8.17. The van der Waals surface area contributed by atoms with Gasteiger partial charge >= 0.3 is 5.97 Å². The number of imidazole rings is 1. The van der Waals surface area contributed by atoms with Gasteiger partial charge in [-0.05, 0) is 101 Å². The lowest BCUT2D eigenvalue weighted by Gasteiger charge is -2.33. The van der Waals surface area contributed by atoms with Crippen LogP contribution in [-0.2, 0) is 29.2 Å². The second kappa shape index (κ2) is 15.9. The molecule has 1 unspecified atom stereocenters. The van der Waals surface area contributed by atoms with E-state index in [0.717, 1.165) is 67.7 Å². The fourth-order valence-corrected chi connectivity index (χ4v) is 6.26. The Kier molecular flexibility index (Phi) is 12.1. The number of carbonyl (C=O) groups is 1. The Labute approximate surface area is 264 Å². The first kappa shape index (κ1) is 33.3. The number of nitrogens with one attached hydrogen (secondary N) is 1. The zero-order chi connectivity index (χ0) is 31.5. The molecule has 44 heavy (non-hydrogen) atoms. The van der Waals surface area contributed by atoms with E-state index in [1.54, 1.807) is 0 Å². The van der Waals surface area contributed by atoms with E-state index in [4.69, 9.17) is 15.5 Å². The van der Waals surface area contributed by atoms with E-state index >= 15 is 0 Å². The minimum absolute atomic E-state index is 0.0826. The molecule has 0 radical (unpaired) electrons. The van der Waals surface area contributed by atoms with Crippen LogP contribution in [0, 0.1) is 18.3 Å². The van der Waals surface area contributed by atoms with Gasteiger partial charge in [0.05, 0.1) is 12.0 Å². The smallest absolute Gasteiger partial charge is 0.312 e. The quantitative estimate of drug-likeness (QED) is 0.185. The number of allylic oxidation sites excluding steroid dienone is 1. The maximum absolute atomic E-state index is 13.7. The number of likely N-dealkylation sites (tertiary alicyclic amines) is 1. The highest BCUT2D eigenvalue weighted by atomic mass is 16.5. The van der Waals surface area contributed by atoms with Crippen LogP contribution in [0.4, 0.5) is 0 Å². The summed E-state index contributed by atoms with van der Waals surface area (Å²) in [5.74, 6) is 1.68. The number of nitrogens with two attached hydrogens (primary N) is 1. The van der Waals surface area contributed by atoms with Gasteiger partial charge in [-0.2, -0.15) is 0 Å². The fourth-order valence-electron chi connectivity index (χ4n) is 6.26. The summed E-state index contributed by atoms with van der Waals surface area (Å²) in [5, 5.41) is 3.20. The standard InChI is InChI=1S/C37H53N5O2/c1-6-29-17-20-41(21-18-29)26-35-40-19-22-42(35)25-32-23-31(14-13-28(32)3)34(16-15-33(38)24-39-7-2)37(4,5)36(43)44-27-30-11-9-8-10-12-30/h8-14,19,22-24,29,34,39H,6-7,15-18,20-21,25-27,38H2,1-5H3/b33-24-. The van der Waals surface area contributed by atoms with Gasteiger partial charge in [-0.15, -0.1) is 0 Å². The number of aryl methyl sites for hydroxylation is 1. The van der Waals surface area contributed by atoms with Crippen LogP contribution >= 0.6 is 0 Å². The van der Waals surface area contributed by atoms with Crippen LogP contribution in [0.15, 0.2) is 72.8 Å². The summed E-state index contributed by atoms with van der Waals surface area (Å²) in [6.45, 7) is 15.5. The Morgan fingerprint density at radius 3 is 2.59 bits per heavy atom. The molecule has 2 heterocycles. The Hall–Kier alpha value is -3.58. The van der Waals surface area contributed by atoms with Crippen LogP contribution < -0.4 is 11.1 Å². The normalized spacial score (nSPS) is 15.7. The molecule has 3 N–H and O–H groups in total. The van der Waals surface area contributed by atoms with E-state index < -0.39 is 5.41 Å². The molecule has 1 saturated heterocycles. The molecule has 238 valence electrons. The third-order valence-electron chi connectivity index (χ3n) is 9.39. The first-order chi connectivity index (χ1) is 21.2. The van der Waals surface area contributed by atoms with Gasteiger partial charge in [0.1, 0.15) is 12.4 Å². The molecular formula is C37H53N5O2. The molecule has 0 amide bonds. The van der Waals surface area contributed by atoms with Crippen LogP contribution in [0.3, 0.4) is 0 Å². The number of hydrogen-bond acceptors (Lipinski definition) is 6. The third-order valence-corrected chi connectivity index (χ3v) is 9.39. The molecular weight excluding hydrogens is 546 g/mol. The monoisotopic (exact) mass is 599 g/mol. The number of benzene rings is 2.